The molecule has 3 nitrogen and oxygen atoms in total. The number of carboxylic acid groups (broad SMARTS) is 1. The number of carboxylic acids is 1. The van der Waals surface area contributed by atoms with Crippen LogP contribution in [-0.2, 0) is 10.3 Å². The molecule has 92 valence electrons. The Kier molecular flexibility index (Phi) is 2.96. The molecule has 0 amide bonds. The van der Waals surface area contributed by atoms with Crippen LogP contribution >= 0.6 is 0 Å². The highest BCUT2D eigenvalue weighted by atomic mass is 16.4. The van der Waals surface area contributed by atoms with E-state index < -0.39 is 11.5 Å². The third-order valence-corrected chi connectivity index (χ3v) is 3.63. The minimum atomic E-state index is -1.20. The standard InChI is InChI=1S/C14H19NO2/c1-9(2)10-3-5-11(6-4-10)14(15,13(16)17)12-7-8-12/h3-6,9,12H,7-8,15H2,1-2H3,(H,16,17). The molecule has 2 rings (SSSR count). The van der Waals surface area contributed by atoms with Crippen LogP contribution in [0.4, 0.5) is 0 Å². The molecule has 17 heavy (non-hydrogen) atoms. The molecule has 0 bridgehead atoms. The van der Waals surface area contributed by atoms with Crippen LogP contribution in [0.3, 0.4) is 0 Å². The molecule has 0 heterocycles. The summed E-state index contributed by atoms with van der Waals surface area (Å²) in [6.07, 6.45) is 1.82. The van der Waals surface area contributed by atoms with Gasteiger partial charge in [-0.05, 0) is 35.8 Å². The molecule has 0 saturated heterocycles. The molecule has 3 N–H and O–H groups in total. The molecule has 0 aromatic heterocycles. The molecule has 1 aromatic carbocycles. The van der Waals surface area contributed by atoms with Crippen molar-refractivity contribution >= 4 is 5.97 Å². The van der Waals surface area contributed by atoms with E-state index in [9.17, 15) is 9.90 Å². The van der Waals surface area contributed by atoms with E-state index in [1.807, 2.05) is 24.3 Å². The summed E-state index contributed by atoms with van der Waals surface area (Å²) in [6, 6.07) is 7.68. The Morgan fingerprint density at radius 3 is 2.24 bits per heavy atom. The summed E-state index contributed by atoms with van der Waals surface area (Å²) in [6.45, 7) is 4.23. The molecule has 1 aromatic rings. The third-order valence-electron chi connectivity index (χ3n) is 3.63. The molecular weight excluding hydrogens is 214 g/mol. The van der Waals surface area contributed by atoms with Gasteiger partial charge in [0.25, 0.3) is 0 Å². The maximum atomic E-state index is 11.4. The summed E-state index contributed by atoms with van der Waals surface area (Å²) in [5.41, 5.74) is 6.82. The lowest BCUT2D eigenvalue weighted by molar-refractivity contribution is -0.144. The lowest BCUT2D eigenvalue weighted by Gasteiger charge is -2.25. The van der Waals surface area contributed by atoms with Crippen molar-refractivity contribution in [3.63, 3.8) is 0 Å². The number of rotatable bonds is 4. The fraction of sp³-hybridized carbons (Fsp3) is 0.500. The minimum Gasteiger partial charge on any atom is -0.480 e. The van der Waals surface area contributed by atoms with Crippen molar-refractivity contribution < 1.29 is 9.90 Å². The molecule has 0 radical (unpaired) electrons. The quantitative estimate of drug-likeness (QED) is 0.839. The normalized spacial score (nSPS) is 19.1. The predicted molar refractivity (Wildman–Crippen MR) is 66.8 cm³/mol. The fourth-order valence-electron chi connectivity index (χ4n) is 2.22. The Morgan fingerprint density at radius 2 is 1.88 bits per heavy atom. The Morgan fingerprint density at radius 1 is 1.35 bits per heavy atom. The maximum absolute atomic E-state index is 11.4. The van der Waals surface area contributed by atoms with E-state index in [1.165, 1.54) is 5.56 Å². The fourth-order valence-corrected chi connectivity index (χ4v) is 2.22. The molecule has 1 atom stereocenters. The highest BCUT2D eigenvalue weighted by Gasteiger charge is 2.49. The number of aliphatic carboxylic acids is 1. The van der Waals surface area contributed by atoms with Gasteiger partial charge < -0.3 is 10.8 Å². The van der Waals surface area contributed by atoms with E-state index in [2.05, 4.69) is 13.8 Å². The van der Waals surface area contributed by atoms with E-state index in [0.717, 1.165) is 18.4 Å². The molecule has 0 aliphatic heterocycles. The van der Waals surface area contributed by atoms with E-state index in [4.69, 9.17) is 5.73 Å². The first-order valence-electron chi connectivity index (χ1n) is 6.09. The predicted octanol–water partition coefficient (Wildman–Crippen LogP) is 2.46. The van der Waals surface area contributed by atoms with Crippen LogP contribution in [0, 0.1) is 5.92 Å². The van der Waals surface area contributed by atoms with Gasteiger partial charge in [-0.25, -0.2) is 4.79 Å². The largest absolute Gasteiger partial charge is 0.480 e. The number of benzene rings is 1. The van der Waals surface area contributed by atoms with Gasteiger partial charge in [-0.3, -0.25) is 0 Å². The van der Waals surface area contributed by atoms with Gasteiger partial charge in [0.2, 0.25) is 0 Å². The lowest BCUT2D eigenvalue weighted by atomic mass is 9.85. The number of carbonyl (C=O) groups is 1. The van der Waals surface area contributed by atoms with Crippen molar-refractivity contribution in [3.05, 3.63) is 35.4 Å². The number of hydrogen-bond donors (Lipinski definition) is 2. The van der Waals surface area contributed by atoms with Crippen molar-refractivity contribution in [1.82, 2.24) is 0 Å². The maximum Gasteiger partial charge on any atom is 0.328 e. The van der Waals surface area contributed by atoms with Crippen molar-refractivity contribution in [2.75, 3.05) is 0 Å². The van der Waals surface area contributed by atoms with Crippen molar-refractivity contribution in [1.29, 1.82) is 0 Å². The zero-order valence-electron chi connectivity index (χ0n) is 10.3. The molecule has 1 fully saturated rings. The molecule has 3 heteroatoms. The van der Waals surface area contributed by atoms with Crippen LogP contribution in [0.5, 0.6) is 0 Å². The van der Waals surface area contributed by atoms with E-state index in [0.29, 0.717) is 5.92 Å². The second kappa shape index (κ2) is 4.15. The van der Waals surface area contributed by atoms with Crippen molar-refractivity contribution in [2.24, 2.45) is 11.7 Å². The Labute approximate surface area is 102 Å². The summed E-state index contributed by atoms with van der Waals surface area (Å²) in [4.78, 5) is 11.4. The van der Waals surface area contributed by atoms with Crippen LogP contribution in [0.25, 0.3) is 0 Å². The van der Waals surface area contributed by atoms with Crippen LogP contribution < -0.4 is 5.73 Å². The van der Waals surface area contributed by atoms with Gasteiger partial charge in [-0.2, -0.15) is 0 Å². The molecule has 1 saturated carbocycles. The molecular formula is C14H19NO2. The van der Waals surface area contributed by atoms with Gasteiger partial charge in [0.1, 0.15) is 5.54 Å². The van der Waals surface area contributed by atoms with Gasteiger partial charge in [0.15, 0.2) is 0 Å². The first-order valence-corrected chi connectivity index (χ1v) is 6.09. The zero-order valence-corrected chi connectivity index (χ0v) is 10.3. The average Bonchev–Trinajstić information content (AvgIpc) is 3.12. The van der Waals surface area contributed by atoms with E-state index in [-0.39, 0.29) is 5.92 Å². The second-order valence-electron chi connectivity index (χ2n) is 5.23. The molecule has 0 spiro atoms. The summed E-state index contributed by atoms with van der Waals surface area (Å²) >= 11 is 0. The topological polar surface area (TPSA) is 63.3 Å². The van der Waals surface area contributed by atoms with Crippen LogP contribution in [0.2, 0.25) is 0 Å². The monoisotopic (exact) mass is 233 g/mol. The molecule has 1 unspecified atom stereocenters. The van der Waals surface area contributed by atoms with Crippen LogP contribution in [0.1, 0.15) is 43.7 Å². The van der Waals surface area contributed by atoms with Gasteiger partial charge >= 0.3 is 5.97 Å². The summed E-state index contributed by atoms with van der Waals surface area (Å²) < 4.78 is 0. The summed E-state index contributed by atoms with van der Waals surface area (Å²) in [5, 5.41) is 9.35. The Hall–Kier alpha value is -1.35. The van der Waals surface area contributed by atoms with Gasteiger partial charge in [0.05, 0.1) is 0 Å². The van der Waals surface area contributed by atoms with Crippen LogP contribution in [0.15, 0.2) is 24.3 Å². The Balaban J connectivity index is 2.34. The summed E-state index contributed by atoms with van der Waals surface area (Å²) in [5.74, 6) is -0.385. The average molecular weight is 233 g/mol. The van der Waals surface area contributed by atoms with Gasteiger partial charge in [-0.15, -0.1) is 0 Å². The smallest absolute Gasteiger partial charge is 0.328 e. The van der Waals surface area contributed by atoms with Crippen molar-refractivity contribution in [2.45, 2.75) is 38.1 Å². The highest BCUT2D eigenvalue weighted by Crippen LogP contribution is 2.44. The van der Waals surface area contributed by atoms with E-state index >= 15 is 0 Å². The third kappa shape index (κ3) is 2.07. The molecule has 1 aliphatic carbocycles. The van der Waals surface area contributed by atoms with Gasteiger partial charge in [-0.1, -0.05) is 38.1 Å². The number of nitrogens with two attached hydrogens (primary N) is 1. The molecule has 1 aliphatic rings. The first-order chi connectivity index (χ1) is 7.96. The Bertz CT molecular complexity index is 420. The SMILES string of the molecule is CC(C)c1ccc(C(N)(C(=O)O)C2CC2)cc1. The highest BCUT2D eigenvalue weighted by molar-refractivity contribution is 5.81. The lowest BCUT2D eigenvalue weighted by Crippen LogP contribution is -2.47. The second-order valence-corrected chi connectivity index (χ2v) is 5.23. The zero-order chi connectivity index (χ0) is 12.6. The van der Waals surface area contributed by atoms with Crippen molar-refractivity contribution in [3.8, 4) is 0 Å². The van der Waals surface area contributed by atoms with Crippen LogP contribution in [-0.4, -0.2) is 11.1 Å². The number of hydrogen-bond acceptors (Lipinski definition) is 2. The summed E-state index contributed by atoms with van der Waals surface area (Å²) in [7, 11) is 0. The minimum absolute atomic E-state index is 0.0879. The van der Waals surface area contributed by atoms with E-state index in [1.54, 1.807) is 0 Å². The van der Waals surface area contributed by atoms with Gasteiger partial charge in [0, 0.05) is 0 Å². The first kappa shape index (κ1) is 12.1.